The molecule has 4 N–H and O–H groups in total. The summed E-state index contributed by atoms with van der Waals surface area (Å²) in [6.45, 7) is 4.23. The van der Waals surface area contributed by atoms with Gasteiger partial charge >= 0.3 is 0 Å². The molecule has 0 aliphatic rings. The zero-order chi connectivity index (χ0) is 35.9. The number of allylic oxidation sites excluding steroid dienone is 4. The third kappa shape index (κ3) is 36.4. The van der Waals surface area contributed by atoms with E-state index in [1.165, 1.54) is 148 Å². The number of aliphatic hydroxyl groups is 3. The van der Waals surface area contributed by atoms with Crippen molar-refractivity contribution in [3.05, 3.63) is 24.3 Å². The highest BCUT2D eigenvalue weighted by molar-refractivity contribution is 5.76. The molecule has 0 radical (unpaired) electrons. The van der Waals surface area contributed by atoms with Crippen molar-refractivity contribution < 1.29 is 20.1 Å². The highest BCUT2D eigenvalue weighted by atomic mass is 16.3. The van der Waals surface area contributed by atoms with Crippen LogP contribution in [0.2, 0.25) is 0 Å². The minimum absolute atomic E-state index is 0.0237. The van der Waals surface area contributed by atoms with Crippen LogP contribution in [0.1, 0.15) is 226 Å². The maximum Gasteiger partial charge on any atom is 0.222 e. The molecule has 290 valence electrons. The molecule has 0 heterocycles. The van der Waals surface area contributed by atoms with Crippen LogP contribution in [0.25, 0.3) is 0 Å². The van der Waals surface area contributed by atoms with Gasteiger partial charge in [-0.15, -0.1) is 0 Å². The molecule has 0 fully saturated rings. The first-order chi connectivity index (χ1) is 24.0. The van der Waals surface area contributed by atoms with Crippen molar-refractivity contribution in [1.29, 1.82) is 0 Å². The molecule has 0 aromatic rings. The zero-order valence-electron chi connectivity index (χ0n) is 32.8. The van der Waals surface area contributed by atoms with E-state index in [4.69, 9.17) is 0 Å². The summed E-state index contributed by atoms with van der Waals surface area (Å²) < 4.78 is 0. The molecule has 5 heteroatoms. The summed E-state index contributed by atoms with van der Waals surface area (Å²) in [5.41, 5.74) is 0. The normalized spacial score (nSPS) is 13.8. The van der Waals surface area contributed by atoms with E-state index >= 15 is 0 Å². The number of carbonyl (C=O) groups excluding carboxylic acids is 1. The highest BCUT2D eigenvalue weighted by Gasteiger charge is 2.21. The molecule has 3 atom stereocenters. The predicted molar refractivity (Wildman–Crippen MR) is 213 cm³/mol. The highest BCUT2D eigenvalue weighted by Crippen LogP contribution is 2.16. The van der Waals surface area contributed by atoms with Crippen molar-refractivity contribution in [2.45, 2.75) is 244 Å². The Hall–Kier alpha value is -1.17. The third-order valence-electron chi connectivity index (χ3n) is 10.0. The van der Waals surface area contributed by atoms with Gasteiger partial charge in [0.25, 0.3) is 0 Å². The van der Waals surface area contributed by atoms with Crippen LogP contribution in [-0.4, -0.2) is 46.1 Å². The van der Waals surface area contributed by atoms with Crippen molar-refractivity contribution in [2.24, 2.45) is 0 Å². The molecule has 3 unspecified atom stereocenters. The van der Waals surface area contributed by atoms with E-state index in [9.17, 15) is 20.1 Å². The lowest BCUT2D eigenvalue weighted by atomic mass is 10.0. The van der Waals surface area contributed by atoms with E-state index in [1.807, 2.05) is 0 Å². The van der Waals surface area contributed by atoms with Gasteiger partial charge in [0.2, 0.25) is 5.91 Å². The lowest BCUT2D eigenvalue weighted by Crippen LogP contribution is -2.46. The SMILES string of the molecule is CCCCC/C=C\C=C/CCCCCCC(O)CC(=O)NC(CO)C(O)CCCCCCCCCCCCCCCCCCCCCCC. The molecule has 0 saturated heterocycles. The summed E-state index contributed by atoms with van der Waals surface area (Å²) in [6, 6.07) is -0.663. The molecule has 49 heavy (non-hydrogen) atoms. The molecule has 0 rings (SSSR count). The Morgan fingerprint density at radius 3 is 1.29 bits per heavy atom. The molecule has 1 amide bonds. The minimum Gasteiger partial charge on any atom is -0.394 e. The second kappa shape index (κ2) is 39.6. The average molecular weight is 692 g/mol. The lowest BCUT2D eigenvalue weighted by Gasteiger charge is -2.23. The summed E-state index contributed by atoms with van der Waals surface area (Å²) in [5, 5.41) is 33.3. The number of rotatable bonds is 39. The number of unbranched alkanes of at least 4 members (excludes halogenated alkanes) is 27. The van der Waals surface area contributed by atoms with E-state index in [0.717, 1.165) is 44.9 Å². The van der Waals surface area contributed by atoms with Crippen molar-refractivity contribution in [3.63, 3.8) is 0 Å². The fourth-order valence-electron chi connectivity index (χ4n) is 6.69. The van der Waals surface area contributed by atoms with Crippen LogP contribution < -0.4 is 5.32 Å². The van der Waals surface area contributed by atoms with Crippen molar-refractivity contribution >= 4 is 5.91 Å². The molecule has 0 aliphatic carbocycles. The standard InChI is InChI=1S/C44H85NO4/c1-3-5-7-9-11-13-15-17-18-19-20-21-22-23-24-26-28-30-32-34-36-38-43(48)42(40-46)45-44(49)39-41(47)37-35-33-31-29-27-25-16-14-12-10-8-6-4-2/h12,14,16,25,41-43,46-48H,3-11,13,15,17-24,26-40H2,1-2H3,(H,45,49)/b14-12-,25-16-. The lowest BCUT2D eigenvalue weighted by molar-refractivity contribution is -0.125. The van der Waals surface area contributed by atoms with Crippen LogP contribution in [0.4, 0.5) is 0 Å². The topological polar surface area (TPSA) is 89.8 Å². The van der Waals surface area contributed by atoms with Crippen LogP contribution >= 0.6 is 0 Å². The molecule has 0 spiro atoms. The number of amides is 1. The number of hydrogen-bond donors (Lipinski definition) is 4. The molecule has 0 bridgehead atoms. The summed E-state index contributed by atoms with van der Waals surface area (Å²) in [4.78, 5) is 12.4. The Morgan fingerprint density at radius 2 is 0.857 bits per heavy atom. The fraction of sp³-hybridized carbons (Fsp3) is 0.886. The second-order valence-electron chi connectivity index (χ2n) is 15.0. The third-order valence-corrected chi connectivity index (χ3v) is 10.0. The Labute approximate surface area is 305 Å². The number of hydrogen-bond acceptors (Lipinski definition) is 4. The number of nitrogens with one attached hydrogen (secondary N) is 1. The molecule has 0 aliphatic heterocycles. The zero-order valence-corrected chi connectivity index (χ0v) is 32.8. The summed E-state index contributed by atoms with van der Waals surface area (Å²) in [7, 11) is 0. The Bertz CT molecular complexity index is 724. The van der Waals surface area contributed by atoms with E-state index in [2.05, 4.69) is 43.5 Å². The Balaban J connectivity index is 3.61. The second-order valence-corrected chi connectivity index (χ2v) is 15.0. The van der Waals surface area contributed by atoms with Gasteiger partial charge in [-0.05, 0) is 38.5 Å². The minimum atomic E-state index is -0.753. The van der Waals surface area contributed by atoms with Crippen molar-refractivity contribution in [1.82, 2.24) is 5.32 Å². The monoisotopic (exact) mass is 692 g/mol. The van der Waals surface area contributed by atoms with Gasteiger partial charge < -0.3 is 20.6 Å². The van der Waals surface area contributed by atoms with Gasteiger partial charge in [-0.25, -0.2) is 0 Å². The summed E-state index contributed by atoms with van der Waals surface area (Å²) >= 11 is 0. The van der Waals surface area contributed by atoms with E-state index < -0.39 is 18.2 Å². The van der Waals surface area contributed by atoms with Gasteiger partial charge in [-0.1, -0.05) is 205 Å². The largest absolute Gasteiger partial charge is 0.394 e. The van der Waals surface area contributed by atoms with Crippen LogP contribution in [0.5, 0.6) is 0 Å². The first-order valence-electron chi connectivity index (χ1n) is 21.6. The summed E-state index contributed by atoms with van der Waals surface area (Å²) in [5.74, 6) is -0.294. The smallest absolute Gasteiger partial charge is 0.222 e. The van der Waals surface area contributed by atoms with Gasteiger partial charge in [-0.3, -0.25) is 4.79 Å². The van der Waals surface area contributed by atoms with Gasteiger partial charge in [0, 0.05) is 0 Å². The average Bonchev–Trinajstić information content (AvgIpc) is 3.09. The predicted octanol–water partition coefficient (Wildman–Crippen LogP) is 12.2. The maximum absolute atomic E-state index is 12.4. The molecular formula is C44H85NO4. The van der Waals surface area contributed by atoms with Crippen molar-refractivity contribution in [3.8, 4) is 0 Å². The molecule has 0 aromatic heterocycles. The molecular weight excluding hydrogens is 606 g/mol. The van der Waals surface area contributed by atoms with Gasteiger partial charge in [0.1, 0.15) is 0 Å². The quantitative estimate of drug-likeness (QED) is 0.0381. The first kappa shape index (κ1) is 47.8. The first-order valence-corrected chi connectivity index (χ1v) is 21.6. The maximum atomic E-state index is 12.4. The van der Waals surface area contributed by atoms with E-state index in [-0.39, 0.29) is 18.9 Å². The Morgan fingerprint density at radius 1 is 0.510 bits per heavy atom. The van der Waals surface area contributed by atoms with E-state index in [1.54, 1.807) is 0 Å². The molecule has 5 nitrogen and oxygen atoms in total. The number of aliphatic hydroxyl groups excluding tert-OH is 3. The van der Waals surface area contributed by atoms with Crippen LogP contribution in [-0.2, 0) is 4.79 Å². The summed E-state index contributed by atoms with van der Waals surface area (Å²) in [6.07, 6.45) is 47.1. The number of carbonyl (C=O) groups is 1. The van der Waals surface area contributed by atoms with Gasteiger partial charge in [0.15, 0.2) is 0 Å². The Kier molecular flexibility index (Phi) is 38.7. The molecule has 0 aromatic carbocycles. The van der Waals surface area contributed by atoms with Crippen molar-refractivity contribution in [2.75, 3.05) is 6.61 Å². The van der Waals surface area contributed by atoms with Crippen LogP contribution in [0.3, 0.4) is 0 Å². The van der Waals surface area contributed by atoms with Crippen LogP contribution in [0, 0.1) is 0 Å². The fourth-order valence-corrected chi connectivity index (χ4v) is 6.69. The molecule has 0 saturated carbocycles. The van der Waals surface area contributed by atoms with Gasteiger partial charge in [-0.2, -0.15) is 0 Å². The van der Waals surface area contributed by atoms with Crippen LogP contribution in [0.15, 0.2) is 24.3 Å². The van der Waals surface area contributed by atoms with E-state index in [0.29, 0.717) is 12.8 Å². The van der Waals surface area contributed by atoms with Gasteiger partial charge in [0.05, 0.1) is 31.3 Å².